The smallest absolute Gasteiger partial charge is 0.385 e. The summed E-state index contributed by atoms with van der Waals surface area (Å²) in [4.78, 5) is 20.6. The van der Waals surface area contributed by atoms with E-state index in [4.69, 9.17) is 13.6 Å². The molecular formula is C18H21N2O9P. The molecular weight excluding hydrogens is 419 g/mol. The first kappa shape index (κ1) is 23.6. The van der Waals surface area contributed by atoms with E-state index in [1.807, 2.05) is 0 Å². The van der Waals surface area contributed by atoms with Crippen molar-refractivity contribution < 1.29 is 33.1 Å². The topological polar surface area (TPSA) is 151 Å². The van der Waals surface area contributed by atoms with Gasteiger partial charge in [0.25, 0.3) is 11.4 Å². The first-order chi connectivity index (χ1) is 14.2. The highest BCUT2D eigenvalue weighted by atomic mass is 31.2. The van der Waals surface area contributed by atoms with Crippen LogP contribution in [0.25, 0.3) is 0 Å². The van der Waals surface area contributed by atoms with Crippen LogP contribution >= 0.6 is 7.82 Å². The summed E-state index contributed by atoms with van der Waals surface area (Å²) in [5.41, 5.74) is 0.155. The number of non-ortho nitro benzene ring substituents is 2. The summed E-state index contributed by atoms with van der Waals surface area (Å²) in [5.74, 6) is 0. The third-order valence-electron chi connectivity index (χ3n) is 3.98. The van der Waals surface area contributed by atoms with Crippen LogP contribution in [0.5, 0.6) is 0 Å². The van der Waals surface area contributed by atoms with E-state index < -0.39 is 29.9 Å². The number of aliphatic hydroxyl groups is 1. The molecule has 0 aliphatic heterocycles. The van der Waals surface area contributed by atoms with Gasteiger partial charge in [-0.05, 0) is 49.2 Å². The molecule has 0 heterocycles. The molecule has 0 saturated carbocycles. The molecule has 162 valence electrons. The number of rotatable bonds is 11. The molecule has 0 unspecified atom stereocenters. The Labute approximate surface area is 172 Å². The van der Waals surface area contributed by atoms with E-state index in [0.717, 1.165) is 0 Å². The van der Waals surface area contributed by atoms with E-state index in [2.05, 4.69) is 0 Å². The summed E-state index contributed by atoms with van der Waals surface area (Å²) in [6.07, 6.45) is -2.72. The van der Waals surface area contributed by atoms with Crippen molar-refractivity contribution >= 4 is 19.2 Å². The van der Waals surface area contributed by atoms with Gasteiger partial charge in [-0.3, -0.25) is 33.8 Å². The van der Waals surface area contributed by atoms with Crippen molar-refractivity contribution in [3.63, 3.8) is 0 Å². The Balaban J connectivity index is 2.44. The summed E-state index contributed by atoms with van der Waals surface area (Å²) in [6.45, 7) is 3.20. The SMILES string of the molecule is CCOP(=O)(OCC)O[C@@H](c1ccc([N+](=O)[O-])cc1)[C@H](O)c1ccc([N+](=O)[O-])cc1. The molecule has 0 radical (unpaired) electrons. The largest absolute Gasteiger partial charge is 0.475 e. The number of nitro benzene ring substituents is 2. The Morgan fingerprint density at radius 1 is 0.867 bits per heavy atom. The van der Waals surface area contributed by atoms with Gasteiger partial charge in [-0.25, -0.2) is 4.57 Å². The zero-order valence-electron chi connectivity index (χ0n) is 16.2. The van der Waals surface area contributed by atoms with Crippen LogP contribution < -0.4 is 0 Å². The number of nitro groups is 2. The van der Waals surface area contributed by atoms with E-state index >= 15 is 0 Å². The van der Waals surface area contributed by atoms with Crippen LogP contribution in [0.1, 0.15) is 37.2 Å². The van der Waals surface area contributed by atoms with Crippen molar-refractivity contribution in [3.05, 3.63) is 79.9 Å². The minimum atomic E-state index is -4.07. The number of aliphatic hydroxyl groups excluding tert-OH is 1. The maximum atomic E-state index is 12.9. The summed E-state index contributed by atoms with van der Waals surface area (Å²) in [5, 5.41) is 32.6. The van der Waals surface area contributed by atoms with Crippen LogP contribution in [0.3, 0.4) is 0 Å². The lowest BCUT2D eigenvalue weighted by molar-refractivity contribution is -0.385. The molecule has 0 amide bonds. The van der Waals surface area contributed by atoms with Crippen LogP contribution in [-0.4, -0.2) is 28.2 Å². The molecule has 0 saturated heterocycles. The van der Waals surface area contributed by atoms with Gasteiger partial charge >= 0.3 is 7.82 Å². The normalized spacial score (nSPS) is 13.6. The van der Waals surface area contributed by atoms with Gasteiger partial charge in [-0.2, -0.15) is 0 Å². The van der Waals surface area contributed by atoms with Gasteiger partial charge < -0.3 is 5.11 Å². The minimum Gasteiger partial charge on any atom is -0.385 e. The van der Waals surface area contributed by atoms with Gasteiger partial charge in [0.1, 0.15) is 12.2 Å². The Morgan fingerprint density at radius 3 is 1.63 bits per heavy atom. The standard InChI is InChI=1S/C18H21N2O9P/c1-3-27-30(26,28-4-2)29-18(14-7-11-16(12-8-14)20(24)25)17(21)13-5-9-15(10-6-13)19(22)23/h5-12,17-18,21H,3-4H2,1-2H3/t17-,18+/m1/s1. The highest BCUT2D eigenvalue weighted by molar-refractivity contribution is 7.48. The first-order valence-corrected chi connectivity index (χ1v) is 10.4. The van der Waals surface area contributed by atoms with Crippen LogP contribution in [0.4, 0.5) is 11.4 Å². The van der Waals surface area contributed by atoms with Gasteiger partial charge in [-0.15, -0.1) is 0 Å². The van der Waals surface area contributed by atoms with E-state index in [-0.39, 0.29) is 35.7 Å². The lowest BCUT2D eigenvalue weighted by Crippen LogP contribution is -2.15. The fraction of sp³-hybridized carbons (Fsp3) is 0.333. The fourth-order valence-corrected chi connectivity index (χ4v) is 3.95. The molecule has 12 heteroatoms. The number of benzene rings is 2. The van der Waals surface area contributed by atoms with E-state index in [0.29, 0.717) is 0 Å². The Hall–Kier alpha value is -2.69. The second-order valence-electron chi connectivity index (χ2n) is 5.95. The Kier molecular flexibility index (Phi) is 8.16. The molecule has 2 aromatic rings. The molecule has 11 nitrogen and oxygen atoms in total. The summed E-state index contributed by atoms with van der Waals surface area (Å²) in [7, 11) is -4.07. The van der Waals surface area contributed by atoms with Gasteiger partial charge in [0.15, 0.2) is 0 Å². The highest BCUT2D eigenvalue weighted by Gasteiger charge is 2.35. The van der Waals surface area contributed by atoms with Crippen LogP contribution in [-0.2, 0) is 18.1 Å². The van der Waals surface area contributed by atoms with Crippen molar-refractivity contribution in [1.82, 2.24) is 0 Å². The average Bonchev–Trinajstić information content (AvgIpc) is 2.72. The van der Waals surface area contributed by atoms with Crippen molar-refractivity contribution in [1.29, 1.82) is 0 Å². The highest BCUT2D eigenvalue weighted by Crippen LogP contribution is 2.55. The van der Waals surface area contributed by atoms with Crippen LogP contribution in [0.15, 0.2) is 48.5 Å². The molecule has 1 N–H and O–H groups in total. The molecule has 0 fully saturated rings. The zero-order valence-corrected chi connectivity index (χ0v) is 17.1. The zero-order chi connectivity index (χ0) is 22.3. The Morgan fingerprint density at radius 2 is 1.27 bits per heavy atom. The Bertz CT molecular complexity index is 908. The van der Waals surface area contributed by atoms with Crippen LogP contribution in [0, 0.1) is 20.2 Å². The van der Waals surface area contributed by atoms with Gasteiger partial charge in [0, 0.05) is 24.3 Å². The van der Waals surface area contributed by atoms with E-state index in [1.54, 1.807) is 13.8 Å². The van der Waals surface area contributed by atoms with Crippen molar-refractivity contribution in [2.45, 2.75) is 26.1 Å². The molecule has 2 atom stereocenters. The monoisotopic (exact) mass is 440 g/mol. The predicted molar refractivity (Wildman–Crippen MR) is 106 cm³/mol. The molecule has 0 spiro atoms. The quantitative estimate of drug-likeness (QED) is 0.303. The lowest BCUT2D eigenvalue weighted by Gasteiger charge is -2.27. The summed E-state index contributed by atoms with van der Waals surface area (Å²) < 4.78 is 28.7. The van der Waals surface area contributed by atoms with Crippen molar-refractivity contribution in [3.8, 4) is 0 Å². The maximum absolute atomic E-state index is 12.9. The summed E-state index contributed by atoms with van der Waals surface area (Å²) >= 11 is 0. The van der Waals surface area contributed by atoms with Crippen molar-refractivity contribution in [2.24, 2.45) is 0 Å². The lowest BCUT2D eigenvalue weighted by atomic mass is 9.98. The second-order valence-corrected chi connectivity index (χ2v) is 7.57. The molecule has 2 aromatic carbocycles. The third-order valence-corrected chi connectivity index (χ3v) is 5.62. The molecule has 0 aliphatic rings. The number of nitrogens with zero attached hydrogens (tertiary/aromatic N) is 2. The molecule has 2 rings (SSSR count). The average molecular weight is 440 g/mol. The molecule has 0 bridgehead atoms. The van der Waals surface area contributed by atoms with E-state index in [1.165, 1.54) is 48.5 Å². The number of phosphoric acid groups is 1. The molecule has 0 aromatic heterocycles. The van der Waals surface area contributed by atoms with E-state index in [9.17, 15) is 29.9 Å². The number of phosphoric ester groups is 1. The number of hydrogen-bond donors (Lipinski definition) is 1. The minimum absolute atomic E-state index is 0.0118. The van der Waals surface area contributed by atoms with Crippen molar-refractivity contribution in [2.75, 3.05) is 13.2 Å². The third kappa shape index (κ3) is 5.91. The summed E-state index contributed by atoms with van der Waals surface area (Å²) in [6, 6.07) is 10.2. The predicted octanol–water partition coefficient (Wildman–Crippen LogP) is 4.48. The second kappa shape index (κ2) is 10.4. The first-order valence-electron chi connectivity index (χ1n) is 8.95. The maximum Gasteiger partial charge on any atom is 0.475 e. The fourth-order valence-electron chi connectivity index (χ4n) is 2.61. The molecule has 0 aliphatic carbocycles. The molecule has 30 heavy (non-hydrogen) atoms. The van der Waals surface area contributed by atoms with Crippen LogP contribution in [0.2, 0.25) is 0 Å². The number of hydrogen-bond acceptors (Lipinski definition) is 9. The van der Waals surface area contributed by atoms with Gasteiger partial charge in [-0.1, -0.05) is 0 Å². The van der Waals surface area contributed by atoms with Gasteiger partial charge in [0.2, 0.25) is 0 Å². The van der Waals surface area contributed by atoms with Gasteiger partial charge in [0.05, 0.1) is 23.1 Å².